The molecule has 1 aliphatic heterocycles. The Bertz CT molecular complexity index is 114. The van der Waals surface area contributed by atoms with Crippen molar-refractivity contribution in [3.8, 4) is 0 Å². The van der Waals surface area contributed by atoms with Crippen LogP contribution in [-0.2, 0) is 0 Å². The Morgan fingerprint density at radius 1 is 1.44 bits per heavy atom. The summed E-state index contributed by atoms with van der Waals surface area (Å²) in [6, 6.07) is 0.428. The van der Waals surface area contributed by atoms with Crippen LogP contribution >= 0.6 is 0 Å². The zero-order chi connectivity index (χ0) is 6.32. The van der Waals surface area contributed by atoms with Gasteiger partial charge in [0.15, 0.2) is 0 Å². The van der Waals surface area contributed by atoms with Crippen molar-refractivity contribution in [2.24, 2.45) is 0 Å². The molecule has 1 atom stereocenters. The van der Waals surface area contributed by atoms with Gasteiger partial charge >= 0.3 is 0 Å². The van der Waals surface area contributed by atoms with Crippen molar-refractivity contribution in [2.45, 2.75) is 37.3 Å². The summed E-state index contributed by atoms with van der Waals surface area (Å²) in [6.45, 7) is 1.10. The maximum Gasteiger partial charge on any atom is 0.0802 e. The SMILES string of the molecule is OC1([C@H]2CCCN2)CC1. The van der Waals surface area contributed by atoms with Gasteiger partial charge in [0, 0.05) is 6.04 Å². The molecular formula is C7H13NO. The number of rotatable bonds is 1. The number of aliphatic hydroxyl groups is 1. The maximum atomic E-state index is 9.57. The Kier molecular flexibility index (Phi) is 1.08. The molecule has 1 heterocycles. The van der Waals surface area contributed by atoms with Crippen LogP contribution in [0.4, 0.5) is 0 Å². The Morgan fingerprint density at radius 2 is 2.22 bits per heavy atom. The molecule has 2 N–H and O–H groups in total. The summed E-state index contributed by atoms with van der Waals surface area (Å²) in [7, 11) is 0. The zero-order valence-electron chi connectivity index (χ0n) is 5.56. The van der Waals surface area contributed by atoms with E-state index in [0.717, 1.165) is 19.4 Å². The number of hydrogen-bond acceptors (Lipinski definition) is 2. The van der Waals surface area contributed by atoms with Crippen LogP contribution in [0.25, 0.3) is 0 Å². The molecule has 2 rings (SSSR count). The van der Waals surface area contributed by atoms with Gasteiger partial charge in [-0.05, 0) is 32.2 Å². The van der Waals surface area contributed by atoms with Crippen molar-refractivity contribution in [1.29, 1.82) is 0 Å². The Labute approximate surface area is 55.3 Å². The maximum absolute atomic E-state index is 9.57. The molecule has 0 bridgehead atoms. The van der Waals surface area contributed by atoms with Crippen molar-refractivity contribution < 1.29 is 5.11 Å². The normalized spacial score (nSPS) is 39.0. The summed E-state index contributed by atoms with van der Waals surface area (Å²) >= 11 is 0. The lowest BCUT2D eigenvalue weighted by atomic mass is 10.1. The van der Waals surface area contributed by atoms with Crippen LogP contribution < -0.4 is 5.32 Å². The van der Waals surface area contributed by atoms with Gasteiger partial charge in [-0.25, -0.2) is 0 Å². The van der Waals surface area contributed by atoms with Crippen molar-refractivity contribution in [3.05, 3.63) is 0 Å². The summed E-state index contributed by atoms with van der Waals surface area (Å²) in [5, 5.41) is 12.9. The van der Waals surface area contributed by atoms with Crippen LogP contribution in [0.1, 0.15) is 25.7 Å². The highest BCUT2D eigenvalue weighted by atomic mass is 16.3. The number of hydrogen-bond donors (Lipinski definition) is 2. The van der Waals surface area contributed by atoms with E-state index in [-0.39, 0.29) is 5.60 Å². The molecule has 0 spiro atoms. The van der Waals surface area contributed by atoms with E-state index in [0.29, 0.717) is 6.04 Å². The minimum absolute atomic E-state index is 0.281. The van der Waals surface area contributed by atoms with Gasteiger partial charge in [0.2, 0.25) is 0 Å². The molecule has 2 aliphatic rings. The molecule has 1 aliphatic carbocycles. The molecule has 0 unspecified atom stereocenters. The standard InChI is InChI=1S/C7H13NO/c9-7(3-4-7)6-2-1-5-8-6/h6,8-9H,1-5H2/t6-/m1/s1. The lowest BCUT2D eigenvalue weighted by Crippen LogP contribution is -2.36. The van der Waals surface area contributed by atoms with E-state index in [1.807, 2.05) is 0 Å². The van der Waals surface area contributed by atoms with Gasteiger partial charge < -0.3 is 10.4 Å². The summed E-state index contributed by atoms with van der Waals surface area (Å²) < 4.78 is 0. The second-order valence-electron chi connectivity index (χ2n) is 3.25. The Balaban J connectivity index is 1.97. The molecule has 0 aromatic carbocycles. The van der Waals surface area contributed by atoms with E-state index in [1.165, 1.54) is 12.8 Å². The smallest absolute Gasteiger partial charge is 0.0802 e. The van der Waals surface area contributed by atoms with E-state index < -0.39 is 0 Å². The van der Waals surface area contributed by atoms with Crippen LogP contribution in [0.5, 0.6) is 0 Å². The van der Waals surface area contributed by atoms with Gasteiger partial charge in [-0.1, -0.05) is 0 Å². The van der Waals surface area contributed by atoms with Gasteiger partial charge in [-0.15, -0.1) is 0 Å². The Hall–Kier alpha value is -0.0800. The summed E-state index contributed by atoms with van der Waals surface area (Å²) in [4.78, 5) is 0. The first-order chi connectivity index (χ1) is 4.31. The molecule has 0 aromatic rings. The fourth-order valence-corrected chi connectivity index (χ4v) is 1.62. The van der Waals surface area contributed by atoms with Crippen molar-refractivity contribution in [3.63, 3.8) is 0 Å². The van der Waals surface area contributed by atoms with E-state index >= 15 is 0 Å². The highest BCUT2D eigenvalue weighted by molar-refractivity contribution is 5.04. The molecule has 0 amide bonds. The molecule has 9 heavy (non-hydrogen) atoms. The van der Waals surface area contributed by atoms with Crippen LogP contribution in [0, 0.1) is 0 Å². The molecule has 1 saturated heterocycles. The van der Waals surface area contributed by atoms with Crippen molar-refractivity contribution in [1.82, 2.24) is 5.32 Å². The Morgan fingerprint density at radius 3 is 2.67 bits per heavy atom. The van der Waals surface area contributed by atoms with Crippen molar-refractivity contribution in [2.75, 3.05) is 6.54 Å². The van der Waals surface area contributed by atoms with Gasteiger partial charge in [-0.3, -0.25) is 0 Å². The van der Waals surface area contributed by atoms with Gasteiger partial charge in [-0.2, -0.15) is 0 Å². The third-order valence-corrected chi connectivity index (χ3v) is 2.47. The first-order valence-corrected chi connectivity index (χ1v) is 3.77. The molecule has 2 heteroatoms. The first-order valence-electron chi connectivity index (χ1n) is 3.77. The topological polar surface area (TPSA) is 32.3 Å². The lowest BCUT2D eigenvalue weighted by Gasteiger charge is -2.15. The van der Waals surface area contributed by atoms with E-state index in [9.17, 15) is 5.11 Å². The lowest BCUT2D eigenvalue weighted by molar-refractivity contribution is 0.111. The van der Waals surface area contributed by atoms with Crippen molar-refractivity contribution >= 4 is 0 Å². The molecule has 0 aromatic heterocycles. The molecule has 52 valence electrons. The largest absolute Gasteiger partial charge is 0.388 e. The second kappa shape index (κ2) is 1.70. The van der Waals surface area contributed by atoms with E-state index in [2.05, 4.69) is 5.32 Å². The van der Waals surface area contributed by atoms with Gasteiger partial charge in [0.1, 0.15) is 0 Å². The third-order valence-electron chi connectivity index (χ3n) is 2.47. The highest BCUT2D eigenvalue weighted by Crippen LogP contribution is 2.41. The second-order valence-corrected chi connectivity index (χ2v) is 3.25. The first kappa shape index (κ1) is 5.69. The minimum Gasteiger partial charge on any atom is -0.388 e. The molecule has 0 radical (unpaired) electrons. The molecular weight excluding hydrogens is 114 g/mol. The summed E-state index contributed by atoms with van der Waals surface area (Å²) in [6.07, 6.45) is 4.46. The quantitative estimate of drug-likeness (QED) is 0.529. The monoisotopic (exact) mass is 127 g/mol. The fraction of sp³-hybridized carbons (Fsp3) is 1.00. The molecule has 1 saturated carbocycles. The fourth-order valence-electron chi connectivity index (χ4n) is 1.62. The zero-order valence-corrected chi connectivity index (χ0v) is 5.56. The third kappa shape index (κ3) is 0.864. The van der Waals surface area contributed by atoms with E-state index in [4.69, 9.17) is 0 Å². The van der Waals surface area contributed by atoms with Crippen LogP contribution in [0.3, 0.4) is 0 Å². The van der Waals surface area contributed by atoms with Crippen LogP contribution in [-0.4, -0.2) is 23.3 Å². The number of nitrogens with one attached hydrogen (secondary N) is 1. The predicted molar refractivity (Wildman–Crippen MR) is 35.2 cm³/mol. The molecule has 2 fully saturated rings. The summed E-state index contributed by atoms with van der Waals surface area (Å²) in [5.74, 6) is 0. The summed E-state index contributed by atoms with van der Waals surface area (Å²) in [5.41, 5.74) is -0.281. The average Bonchev–Trinajstić information content (AvgIpc) is 2.46. The predicted octanol–water partition coefficient (Wildman–Crippen LogP) is 0.263. The minimum atomic E-state index is -0.281. The van der Waals surface area contributed by atoms with Crippen LogP contribution in [0.15, 0.2) is 0 Å². The van der Waals surface area contributed by atoms with E-state index in [1.54, 1.807) is 0 Å². The average molecular weight is 127 g/mol. The highest BCUT2D eigenvalue weighted by Gasteiger charge is 2.48. The van der Waals surface area contributed by atoms with Gasteiger partial charge in [0.25, 0.3) is 0 Å². The van der Waals surface area contributed by atoms with Gasteiger partial charge in [0.05, 0.1) is 5.60 Å². The van der Waals surface area contributed by atoms with Crippen LogP contribution in [0.2, 0.25) is 0 Å². The molecule has 2 nitrogen and oxygen atoms in total.